The van der Waals surface area contributed by atoms with Crippen LogP contribution < -0.4 is 0 Å². The summed E-state index contributed by atoms with van der Waals surface area (Å²) in [6.07, 6.45) is 8.78. The first kappa shape index (κ1) is 22.7. The van der Waals surface area contributed by atoms with E-state index < -0.39 is 0 Å². The van der Waals surface area contributed by atoms with Crippen LogP contribution in [-0.4, -0.2) is 57.2 Å². The van der Waals surface area contributed by atoms with Crippen LogP contribution in [0.4, 0.5) is 0 Å². The second-order valence-electron chi connectivity index (χ2n) is 10.8. The molecule has 128 valence electrons. The molecular formula is C21H34KOY. The third-order valence-electron chi connectivity index (χ3n) is 8.57. The summed E-state index contributed by atoms with van der Waals surface area (Å²) < 4.78 is 0. The molecule has 0 aromatic heterocycles. The average Bonchev–Trinajstić information content (AvgIpc) is 3.25. The standard InChI is InChI=1S/C21H34O.K.Y/c1-13-16(6-7-20(4)12-17(13)20)18(22)8-14-9-19(2,3)10-15-11-21(14,15)5;;/h13-17H,6-12H2,1-5H3;;. The van der Waals surface area contributed by atoms with Gasteiger partial charge in [-0.25, -0.2) is 0 Å². The SMILES string of the molecule is CC1C(C(=O)CC2CC(C)(C)CC3CC23C)CCC2(C)CC12.[K].[Y]. The summed E-state index contributed by atoms with van der Waals surface area (Å²) in [4.78, 5) is 13.1. The van der Waals surface area contributed by atoms with E-state index in [9.17, 15) is 4.79 Å². The number of rotatable bonds is 3. The van der Waals surface area contributed by atoms with Gasteiger partial charge in [0.05, 0.1) is 0 Å². The Balaban J connectivity index is 0.00000104. The van der Waals surface area contributed by atoms with Crippen LogP contribution >= 0.6 is 0 Å². The summed E-state index contributed by atoms with van der Waals surface area (Å²) in [5.74, 6) is 4.06. The molecule has 4 rings (SSSR count). The maximum absolute atomic E-state index is 13.1. The molecule has 4 fully saturated rings. The van der Waals surface area contributed by atoms with E-state index in [2.05, 4.69) is 34.6 Å². The van der Waals surface area contributed by atoms with Crippen LogP contribution in [0.15, 0.2) is 0 Å². The van der Waals surface area contributed by atoms with Crippen molar-refractivity contribution in [1.82, 2.24) is 0 Å². The predicted octanol–water partition coefficient (Wildman–Crippen LogP) is 5.10. The van der Waals surface area contributed by atoms with E-state index in [1.165, 1.54) is 38.5 Å². The summed E-state index contributed by atoms with van der Waals surface area (Å²) >= 11 is 0. The first-order valence-corrected chi connectivity index (χ1v) is 9.67. The van der Waals surface area contributed by atoms with Crippen LogP contribution in [0.2, 0.25) is 0 Å². The molecule has 0 aromatic carbocycles. The fraction of sp³-hybridized carbons (Fsp3) is 0.952. The van der Waals surface area contributed by atoms with Gasteiger partial charge < -0.3 is 0 Å². The minimum Gasteiger partial charge on any atom is -0.299 e. The molecule has 0 bridgehead atoms. The van der Waals surface area contributed by atoms with E-state index >= 15 is 0 Å². The molecule has 7 atom stereocenters. The molecule has 0 heterocycles. The molecule has 4 aliphatic rings. The van der Waals surface area contributed by atoms with Crippen LogP contribution in [-0.2, 0) is 37.5 Å². The Labute approximate surface area is 216 Å². The van der Waals surface area contributed by atoms with Crippen LogP contribution in [0.3, 0.4) is 0 Å². The molecular weight excluding hydrogens is 396 g/mol. The molecule has 4 aliphatic carbocycles. The quantitative estimate of drug-likeness (QED) is 0.570. The Morgan fingerprint density at radius 2 is 1.71 bits per heavy atom. The normalized spacial score (nSPS) is 50.5. The second kappa shape index (κ2) is 7.34. The topological polar surface area (TPSA) is 17.1 Å². The molecule has 3 heteroatoms. The van der Waals surface area contributed by atoms with Crippen molar-refractivity contribution in [3.63, 3.8) is 0 Å². The Morgan fingerprint density at radius 1 is 1.04 bits per heavy atom. The monoisotopic (exact) mass is 430 g/mol. The number of ketones is 1. The Kier molecular flexibility index (Phi) is 6.94. The largest absolute Gasteiger partial charge is 0.299 e. The Morgan fingerprint density at radius 3 is 2.38 bits per heavy atom. The van der Waals surface area contributed by atoms with Gasteiger partial charge in [-0.3, -0.25) is 4.79 Å². The third kappa shape index (κ3) is 3.92. The molecule has 4 saturated carbocycles. The van der Waals surface area contributed by atoms with Gasteiger partial charge in [-0.1, -0.05) is 34.6 Å². The minimum atomic E-state index is 0. The minimum absolute atomic E-state index is 0. The third-order valence-corrected chi connectivity index (χ3v) is 8.57. The summed E-state index contributed by atoms with van der Waals surface area (Å²) in [5.41, 5.74) is 1.58. The van der Waals surface area contributed by atoms with Gasteiger partial charge in [0.25, 0.3) is 0 Å². The Hall–Kier alpha value is 2.41. The Bertz CT molecular complexity index is 518. The molecule has 1 nitrogen and oxygen atoms in total. The molecule has 2 radical (unpaired) electrons. The summed E-state index contributed by atoms with van der Waals surface area (Å²) in [7, 11) is 0. The summed E-state index contributed by atoms with van der Waals surface area (Å²) in [6, 6.07) is 0. The number of hydrogen-bond donors (Lipinski definition) is 0. The first-order chi connectivity index (χ1) is 10.1. The zero-order valence-electron chi connectivity index (χ0n) is 16.8. The van der Waals surface area contributed by atoms with Gasteiger partial charge in [0, 0.05) is 96.4 Å². The van der Waals surface area contributed by atoms with Gasteiger partial charge in [-0.15, -0.1) is 0 Å². The van der Waals surface area contributed by atoms with Crippen LogP contribution in [0.5, 0.6) is 0 Å². The molecule has 0 aromatic rings. The zero-order chi connectivity index (χ0) is 15.9. The van der Waals surface area contributed by atoms with E-state index in [0.717, 1.165) is 18.3 Å². The van der Waals surface area contributed by atoms with E-state index in [1.54, 1.807) is 0 Å². The maximum atomic E-state index is 13.1. The van der Waals surface area contributed by atoms with Gasteiger partial charge in [-0.05, 0) is 78.4 Å². The molecule has 0 spiro atoms. The van der Waals surface area contributed by atoms with E-state index in [4.69, 9.17) is 0 Å². The molecule has 24 heavy (non-hydrogen) atoms. The molecule has 0 saturated heterocycles. The molecule has 7 unspecified atom stereocenters. The average molecular weight is 431 g/mol. The molecule has 0 N–H and O–H groups in total. The fourth-order valence-corrected chi connectivity index (χ4v) is 6.66. The van der Waals surface area contributed by atoms with Crippen molar-refractivity contribution in [2.75, 3.05) is 0 Å². The molecule has 0 amide bonds. The van der Waals surface area contributed by atoms with Crippen LogP contribution in [0, 0.1) is 45.8 Å². The van der Waals surface area contributed by atoms with Crippen molar-refractivity contribution >= 4 is 57.2 Å². The van der Waals surface area contributed by atoms with Crippen LogP contribution in [0.1, 0.15) is 79.6 Å². The number of Topliss-reactive ketones (excluding diaryl/α,β-unsaturated/α-hetero) is 1. The van der Waals surface area contributed by atoms with Gasteiger partial charge in [0.1, 0.15) is 5.78 Å². The fourth-order valence-electron chi connectivity index (χ4n) is 6.66. The smallest absolute Gasteiger partial charge is 0.136 e. The van der Waals surface area contributed by atoms with Crippen molar-refractivity contribution in [2.24, 2.45) is 45.8 Å². The molecule has 0 aliphatic heterocycles. The summed E-state index contributed by atoms with van der Waals surface area (Å²) in [5, 5.41) is 0. The van der Waals surface area contributed by atoms with E-state index in [1.807, 2.05) is 0 Å². The van der Waals surface area contributed by atoms with Crippen molar-refractivity contribution in [3.05, 3.63) is 0 Å². The van der Waals surface area contributed by atoms with Crippen molar-refractivity contribution in [2.45, 2.75) is 79.6 Å². The van der Waals surface area contributed by atoms with Crippen molar-refractivity contribution in [3.8, 4) is 0 Å². The predicted molar refractivity (Wildman–Crippen MR) is 96.2 cm³/mol. The van der Waals surface area contributed by atoms with Crippen molar-refractivity contribution in [1.29, 1.82) is 0 Å². The second-order valence-corrected chi connectivity index (χ2v) is 10.8. The van der Waals surface area contributed by atoms with Gasteiger partial charge in [0.2, 0.25) is 0 Å². The first-order valence-electron chi connectivity index (χ1n) is 9.67. The van der Waals surface area contributed by atoms with Crippen molar-refractivity contribution < 1.29 is 37.5 Å². The van der Waals surface area contributed by atoms with Gasteiger partial charge >= 0.3 is 0 Å². The van der Waals surface area contributed by atoms with E-state index in [0.29, 0.717) is 39.8 Å². The zero-order valence-corrected chi connectivity index (χ0v) is 22.8. The van der Waals surface area contributed by atoms with Gasteiger partial charge in [0.15, 0.2) is 0 Å². The number of fused-ring (bicyclic) bond motifs is 2. The maximum Gasteiger partial charge on any atom is 0.136 e. The number of carbonyl (C=O) groups excluding carboxylic acids is 1. The summed E-state index contributed by atoms with van der Waals surface area (Å²) in [6.45, 7) is 12.1. The number of carbonyl (C=O) groups is 1. The van der Waals surface area contributed by atoms with Crippen LogP contribution in [0.25, 0.3) is 0 Å². The van der Waals surface area contributed by atoms with E-state index in [-0.39, 0.29) is 84.1 Å². The number of hydrogen-bond acceptors (Lipinski definition) is 1. The van der Waals surface area contributed by atoms with Gasteiger partial charge in [-0.2, -0.15) is 0 Å².